The summed E-state index contributed by atoms with van der Waals surface area (Å²) in [6.07, 6.45) is 10.2. The standard InChI is InChI=1S/C19H34N4O2/c1-4-25-16-12-15(19(16)10-7-11-19)22-18(20-13-17(24)23(2)3)21-14-8-5-6-9-14/h14-16H,4-13H2,1-3H3,(H2,20,21,22). The maximum atomic E-state index is 11.9. The van der Waals surface area contributed by atoms with Gasteiger partial charge in [0, 0.05) is 38.2 Å². The molecule has 0 aromatic rings. The van der Waals surface area contributed by atoms with Crippen molar-refractivity contribution in [3.8, 4) is 0 Å². The molecule has 2 atom stereocenters. The number of hydrogen-bond acceptors (Lipinski definition) is 3. The van der Waals surface area contributed by atoms with Gasteiger partial charge in [-0.15, -0.1) is 0 Å². The van der Waals surface area contributed by atoms with Crippen LogP contribution in [0.25, 0.3) is 0 Å². The third kappa shape index (κ3) is 3.94. The molecule has 6 nitrogen and oxygen atoms in total. The first-order chi connectivity index (χ1) is 12.0. The van der Waals surface area contributed by atoms with Crippen molar-refractivity contribution >= 4 is 11.9 Å². The molecular formula is C19H34N4O2. The largest absolute Gasteiger partial charge is 0.378 e. The van der Waals surface area contributed by atoms with Crippen LogP contribution in [-0.2, 0) is 9.53 Å². The van der Waals surface area contributed by atoms with Gasteiger partial charge in [0.05, 0.1) is 6.10 Å². The molecule has 3 fully saturated rings. The topological polar surface area (TPSA) is 66.0 Å². The van der Waals surface area contributed by atoms with E-state index in [4.69, 9.17) is 4.74 Å². The molecule has 3 rings (SSSR count). The molecule has 0 radical (unpaired) electrons. The SMILES string of the molecule is CCOC1CC(NC(=NCC(=O)N(C)C)NC2CCCC2)C12CCC2. The summed E-state index contributed by atoms with van der Waals surface area (Å²) in [5.41, 5.74) is 0.291. The Bertz CT molecular complexity index is 496. The van der Waals surface area contributed by atoms with Crippen molar-refractivity contribution in [2.75, 3.05) is 27.2 Å². The summed E-state index contributed by atoms with van der Waals surface area (Å²) in [5, 5.41) is 7.21. The Morgan fingerprint density at radius 1 is 1.20 bits per heavy atom. The van der Waals surface area contributed by atoms with Gasteiger partial charge < -0.3 is 20.3 Å². The molecule has 1 amide bonds. The second-order valence-electron chi connectivity index (χ2n) is 8.04. The van der Waals surface area contributed by atoms with Gasteiger partial charge in [-0.2, -0.15) is 0 Å². The highest BCUT2D eigenvalue weighted by Crippen LogP contribution is 2.57. The third-order valence-electron chi connectivity index (χ3n) is 6.32. The molecule has 6 heteroatoms. The van der Waals surface area contributed by atoms with E-state index in [9.17, 15) is 4.79 Å². The molecule has 2 unspecified atom stereocenters. The Morgan fingerprint density at radius 3 is 2.48 bits per heavy atom. The maximum absolute atomic E-state index is 11.9. The van der Waals surface area contributed by atoms with Crippen LogP contribution in [0.3, 0.4) is 0 Å². The van der Waals surface area contributed by atoms with Crippen LogP contribution in [0.1, 0.15) is 58.3 Å². The highest BCUT2D eigenvalue weighted by molar-refractivity contribution is 5.85. The van der Waals surface area contributed by atoms with Gasteiger partial charge in [0.2, 0.25) is 5.91 Å². The van der Waals surface area contributed by atoms with Crippen molar-refractivity contribution in [2.45, 2.75) is 76.5 Å². The molecule has 3 aliphatic rings. The number of nitrogens with zero attached hydrogens (tertiary/aromatic N) is 2. The first-order valence-corrected chi connectivity index (χ1v) is 9.94. The third-order valence-corrected chi connectivity index (χ3v) is 6.32. The molecule has 0 aliphatic heterocycles. The van der Waals surface area contributed by atoms with Crippen molar-refractivity contribution in [1.82, 2.24) is 15.5 Å². The van der Waals surface area contributed by atoms with Crippen molar-refractivity contribution < 1.29 is 9.53 Å². The summed E-state index contributed by atoms with van der Waals surface area (Å²) in [4.78, 5) is 18.1. The Morgan fingerprint density at radius 2 is 1.92 bits per heavy atom. The zero-order valence-electron chi connectivity index (χ0n) is 16.0. The summed E-state index contributed by atoms with van der Waals surface area (Å²) in [7, 11) is 3.55. The second-order valence-corrected chi connectivity index (χ2v) is 8.04. The van der Waals surface area contributed by atoms with E-state index in [0.29, 0.717) is 23.6 Å². The zero-order valence-corrected chi connectivity index (χ0v) is 16.0. The Hall–Kier alpha value is -1.30. The summed E-state index contributed by atoms with van der Waals surface area (Å²) in [6.45, 7) is 3.07. The van der Waals surface area contributed by atoms with E-state index in [-0.39, 0.29) is 12.5 Å². The summed E-state index contributed by atoms with van der Waals surface area (Å²) in [6, 6.07) is 0.903. The van der Waals surface area contributed by atoms with E-state index >= 15 is 0 Å². The molecule has 0 saturated heterocycles. The lowest BCUT2D eigenvalue weighted by molar-refractivity contribution is -0.168. The molecule has 2 N–H and O–H groups in total. The minimum atomic E-state index is 0.0340. The predicted octanol–water partition coefficient (Wildman–Crippen LogP) is 1.90. The normalized spacial score (nSPS) is 28.4. The fraction of sp³-hybridized carbons (Fsp3) is 0.895. The number of aliphatic imine (C=N–C) groups is 1. The number of hydrogen-bond donors (Lipinski definition) is 2. The van der Waals surface area contributed by atoms with Gasteiger partial charge in [-0.05, 0) is 39.0 Å². The number of ether oxygens (including phenoxy) is 1. The van der Waals surface area contributed by atoms with Crippen LogP contribution in [-0.4, -0.2) is 62.2 Å². The minimum absolute atomic E-state index is 0.0340. The summed E-state index contributed by atoms with van der Waals surface area (Å²) in [5.74, 6) is 0.847. The van der Waals surface area contributed by atoms with E-state index in [2.05, 4.69) is 22.5 Å². The van der Waals surface area contributed by atoms with E-state index in [1.54, 1.807) is 19.0 Å². The predicted molar refractivity (Wildman–Crippen MR) is 99.6 cm³/mol. The molecule has 25 heavy (non-hydrogen) atoms. The molecule has 0 aromatic heterocycles. The molecule has 0 bridgehead atoms. The van der Waals surface area contributed by atoms with Crippen LogP contribution >= 0.6 is 0 Å². The Kier molecular flexibility index (Phi) is 5.87. The average molecular weight is 351 g/mol. The molecule has 142 valence electrons. The van der Waals surface area contributed by atoms with Crippen LogP contribution in [0.2, 0.25) is 0 Å². The van der Waals surface area contributed by atoms with Gasteiger partial charge in [-0.3, -0.25) is 4.79 Å². The molecule has 3 aliphatic carbocycles. The van der Waals surface area contributed by atoms with Crippen molar-refractivity contribution in [2.24, 2.45) is 10.4 Å². The zero-order chi connectivity index (χ0) is 17.9. The number of likely N-dealkylation sites (N-methyl/N-ethyl adjacent to an activating group) is 1. The number of carbonyl (C=O) groups is 1. The first-order valence-electron chi connectivity index (χ1n) is 9.94. The van der Waals surface area contributed by atoms with Crippen molar-refractivity contribution in [3.05, 3.63) is 0 Å². The molecule has 3 saturated carbocycles. The summed E-state index contributed by atoms with van der Waals surface area (Å²) < 4.78 is 5.95. The number of amides is 1. The van der Waals surface area contributed by atoms with Gasteiger partial charge in [-0.1, -0.05) is 19.3 Å². The smallest absolute Gasteiger partial charge is 0.243 e. The fourth-order valence-corrected chi connectivity index (χ4v) is 4.49. The molecule has 0 aromatic carbocycles. The van der Waals surface area contributed by atoms with E-state index in [0.717, 1.165) is 19.0 Å². The van der Waals surface area contributed by atoms with Gasteiger partial charge in [-0.25, -0.2) is 4.99 Å². The Balaban J connectivity index is 1.62. The molecule has 0 heterocycles. The van der Waals surface area contributed by atoms with Crippen LogP contribution in [0.5, 0.6) is 0 Å². The number of carbonyl (C=O) groups excluding carboxylic acids is 1. The fourth-order valence-electron chi connectivity index (χ4n) is 4.49. The lowest BCUT2D eigenvalue weighted by Gasteiger charge is -2.61. The second kappa shape index (κ2) is 7.94. The Labute approximate surface area is 151 Å². The van der Waals surface area contributed by atoms with Gasteiger partial charge in [0.15, 0.2) is 5.96 Å². The quantitative estimate of drug-likeness (QED) is 0.567. The number of rotatable bonds is 6. The van der Waals surface area contributed by atoms with Gasteiger partial charge in [0.25, 0.3) is 0 Å². The maximum Gasteiger partial charge on any atom is 0.243 e. The van der Waals surface area contributed by atoms with Gasteiger partial charge >= 0.3 is 0 Å². The van der Waals surface area contributed by atoms with Crippen molar-refractivity contribution in [3.63, 3.8) is 0 Å². The summed E-state index contributed by atoms with van der Waals surface area (Å²) >= 11 is 0. The van der Waals surface area contributed by atoms with Crippen LogP contribution in [0.4, 0.5) is 0 Å². The molecular weight excluding hydrogens is 316 g/mol. The minimum Gasteiger partial charge on any atom is -0.378 e. The monoisotopic (exact) mass is 350 g/mol. The first kappa shape index (κ1) is 18.5. The molecule has 1 spiro atoms. The number of nitrogens with one attached hydrogen (secondary N) is 2. The van der Waals surface area contributed by atoms with Gasteiger partial charge in [0.1, 0.15) is 6.54 Å². The van der Waals surface area contributed by atoms with E-state index < -0.39 is 0 Å². The van der Waals surface area contributed by atoms with Crippen LogP contribution in [0.15, 0.2) is 4.99 Å². The average Bonchev–Trinajstić information content (AvgIpc) is 3.02. The van der Waals surface area contributed by atoms with E-state index in [1.165, 1.54) is 44.9 Å². The van der Waals surface area contributed by atoms with Crippen LogP contribution in [0, 0.1) is 5.41 Å². The number of guanidine groups is 1. The highest BCUT2D eigenvalue weighted by Gasteiger charge is 2.59. The van der Waals surface area contributed by atoms with Crippen LogP contribution < -0.4 is 10.6 Å². The highest BCUT2D eigenvalue weighted by atomic mass is 16.5. The lowest BCUT2D eigenvalue weighted by Crippen LogP contribution is -2.69. The lowest BCUT2D eigenvalue weighted by atomic mass is 9.51. The van der Waals surface area contributed by atoms with Crippen molar-refractivity contribution in [1.29, 1.82) is 0 Å². The van der Waals surface area contributed by atoms with E-state index in [1.807, 2.05) is 0 Å².